The van der Waals surface area contributed by atoms with E-state index in [1.165, 1.54) is 6.92 Å². The lowest BCUT2D eigenvalue weighted by Gasteiger charge is -2.09. The van der Waals surface area contributed by atoms with Crippen molar-refractivity contribution in [1.29, 1.82) is 0 Å². The van der Waals surface area contributed by atoms with Crippen LogP contribution in [-0.4, -0.2) is 11.3 Å². The van der Waals surface area contributed by atoms with Crippen LogP contribution in [0.5, 0.6) is 0 Å². The van der Waals surface area contributed by atoms with Gasteiger partial charge in [-0.1, -0.05) is 0 Å². The van der Waals surface area contributed by atoms with Gasteiger partial charge in [0.15, 0.2) is 23.3 Å². The van der Waals surface area contributed by atoms with Crippen LogP contribution in [0.15, 0.2) is 6.07 Å². The van der Waals surface area contributed by atoms with Crippen molar-refractivity contribution in [2.45, 2.75) is 12.3 Å². The van der Waals surface area contributed by atoms with Crippen LogP contribution in [0, 0.1) is 23.3 Å². The summed E-state index contributed by atoms with van der Waals surface area (Å²) in [5.41, 5.74) is -1.19. The maximum Gasteiger partial charge on any atom is 0.242 e. The van der Waals surface area contributed by atoms with Crippen LogP contribution in [0.1, 0.15) is 6.92 Å². The molecule has 1 atom stereocenters. The Balaban J connectivity index is 3.18. The van der Waals surface area contributed by atoms with Crippen molar-refractivity contribution in [2.75, 3.05) is 5.32 Å². The molecule has 0 bridgehead atoms. The fourth-order valence-corrected chi connectivity index (χ4v) is 0.960. The third-order valence-electron chi connectivity index (χ3n) is 1.72. The molecule has 0 spiro atoms. The Hall–Kier alpha value is -1.30. The van der Waals surface area contributed by atoms with Gasteiger partial charge >= 0.3 is 0 Å². The summed E-state index contributed by atoms with van der Waals surface area (Å²) in [6.07, 6.45) is 0. The van der Waals surface area contributed by atoms with Crippen LogP contribution >= 0.6 is 11.6 Å². The number of alkyl halides is 1. The monoisotopic (exact) mass is 255 g/mol. The molecule has 1 N–H and O–H groups in total. The number of hydrogen-bond acceptors (Lipinski definition) is 1. The van der Waals surface area contributed by atoms with E-state index in [-0.39, 0.29) is 6.07 Å². The third kappa shape index (κ3) is 2.44. The number of anilines is 1. The SMILES string of the molecule is CC(Cl)C(=O)Nc1c(F)c(F)cc(F)c1F. The van der Waals surface area contributed by atoms with Gasteiger partial charge in [-0.2, -0.15) is 0 Å². The number of carbonyl (C=O) groups excluding carboxylic acids is 1. The molecular formula is C9H6ClF4NO. The van der Waals surface area contributed by atoms with Crippen LogP contribution in [0.4, 0.5) is 23.2 Å². The Morgan fingerprint density at radius 2 is 1.69 bits per heavy atom. The lowest BCUT2D eigenvalue weighted by atomic mass is 10.2. The Morgan fingerprint density at radius 1 is 1.25 bits per heavy atom. The zero-order valence-corrected chi connectivity index (χ0v) is 8.71. The molecule has 88 valence electrons. The molecule has 1 unspecified atom stereocenters. The second-order valence-electron chi connectivity index (χ2n) is 2.95. The molecule has 1 aromatic rings. The minimum atomic E-state index is -1.68. The van der Waals surface area contributed by atoms with E-state index in [1.807, 2.05) is 0 Å². The highest BCUT2D eigenvalue weighted by Crippen LogP contribution is 2.24. The molecule has 1 aromatic carbocycles. The minimum absolute atomic E-state index is 0.0461. The Morgan fingerprint density at radius 3 is 2.06 bits per heavy atom. The second-order valence-corrected chi connectivity index (χ2v) is 3.60. The van der Waals surface area contributed by atoms with Crippen molar-refractivity contribution in [3.05, 3.63) is 29.3 Å². The Kier molecular flexibility index (Phi) is 3.74. The smallest absolute Gasteiger partial charge is 0.242 e. The van der Waals surface area contributed by atoms with Gasteiger partial charge < -0.3 is 5.32 Å². The van der Waals surface area contributed by atoms with E-state index >= 15 is 0 Å². The number of benzene rings is 1. The standard InChI is InChI=1S/C9H6ClF4NO/c1-3(10)9(16)15-8-6(13)4(11)2-5(12)7(8)14/h2-3H,1H3,(H,15,16). The highest BCUT2D eigenvalue weighted by Gasteiger charge is 2.22. The van der Waals surface area contributed by atoms with Crippen LogP contribution < -0.4 is 5.32 Å². The summed E-state index contributed by atoms with van der Waals surface area (Å²) in [6, 6.07) is 0.0461. The number of hydrogen-bond donors (Lipinski definition) is 1. The van der Waals surface area contributed by atoms with Crippen molar-refractivity contribution in [1.82, 2.24) is 0 Å². The van der Waals surface area contributed by atoms with E-state index in [9.17, 15) is 22.4 Å². The van der Waals surface area contributed by atoms with Gasteiger partial charge in [0.25, 0.3) is 0 Å². The lowest BCUT2D eigenvalue weighted by molar-refractivity contribution is -0.115. The lowest BCUT2D eigenvalue weighted by Crippen LogP contribution is -2.22. The van der Waals surface area contributed by atoms with Crippen molar-refractivity contribution in [3.8, 4) is 0 Å². The van der Waals surface area contributed by atoms with Crippen molar-refractivity contribution < 1.29 is 22.4 Å². The molecule has 0 aliphatic heterocycles. The van der Waals surface area contributed by atoms with Gasteiger partial charge in [-0.25, -0.2) is 17.6 Å². The molecule has 2 nitrogen and oxygen atoms in total. The fourth-order valence-electron chi connectivity index (χ4n) is 0.906. The molecule has 1 amide bonds. The van der Waals surface area contributed by atoms with Crippen LogP contribution in [-0.2, 0) is 4.79 Å². The largest absolute Gasteiger partial charge is 0.320 e. The van der Waals surface area contributed by atoms with Gasteiger partial charge in [-0.05, 0) is 6.92 Å². The summed E-state index contributed by atoms with van der Waals surface area (Å²) >= 11 is 5.32. The number of halogens is 5. The van der Waals surface area contributed by atoms with E-state index in [2.05, 4.69) is 0 Å². The predicted octanol–water partition coefficient (Wildman–Crippen LogP) is 2.81. The summed E-state index contributed by atoms with van der Waals surface area (Å²) < 4.78 is 51.5. The summed E-state index contributed by atoms with van der Waals surface area (Å²) in [5, 5.41) is 0.566. The maximum atomic E-state index is 13.0. The summed E-state index contributed by atoms with van der Waals surface area (Å²) in [6.45, 7) is 1.24. The molecule has 7 heteroatoms. The predicted molar refractivity (Wildman–Crippen MR) is 50.2 cm³/mol. The molecule has 16 heavy (non-hydrogen) atoms. The van der Waals surface area contributed by atoms with E-state index in [1.54, 1.807) is 5.32 Å². The van der Waals surface area contributed by atoms with Crippen LogP contribution in [0.2, 0.25) is 0 Å². The molecule has 0 aliphatic carbocycles. The van der Waals surface area contributed by atoms with E-state index in [0.717, 1.165) is 0 Å². The van der Waals surface area contributed by atoms with E-state index in [4.69, 9.17) is 11.6 Å². The fraction of sp³-hybridized carbons (Fsp3) is 0.222. The first kappa shape index (κ1) is 12.8. The number of carbonyl (C=O) groups is 1. The molecular weight excluding hydrogens is 250 g/mol. The minimum Gasteiger partial charge on any atom is -0.320 e. The quantitative estimate of drug-likeness (QED) is 0.491. The zero-order chi connectivity index (χ0) is 12.5. The zero-order valence-electron chi connectivity index (χ0n) is 7.95. The summed E-state index contributed by atoms with van der Waals surface area (Å²) in [4.78, 5) is 11.0. The molecule has 0 saturated carbocycles. The molecule has 0 aromatic heterocycles. The van der Waals surface area contributed by atoms with Gasteiger partial charge in [-0.15, -0.1) is 11.6 Å². The van der Waals surface area contributed by atoms with Crippen LogP contribution in [0.3, 0.4) is 0 Å². The number of rotatable bonds is 2. The van der Waals surface area contributed by atoms with Gasteiger partial charge in [0.2, 0.25) is 5.91 Å². The molecule has 0 fully saturated rings. The first-order valence-electron chi connectivity index (χ1n) is 4.12. The summed E-state index contributed by atoms with van der Waals surface area (Å²) in [7, 11) is 0. The highest BCUT2D eigenvalue weighted by molar-refractivity contribution is 6.32. The number of nitrogens with one attached hydrogen (secondary N) is 1. The Labute approximate surface area is 93.2 Å². The molecule has 1 rings (SSSR count). The van der Waals surface area contributed by atoms with Gasteiger partial charge in [0.1, 0.15) is 11.1 Å². The number of amides is 1. The maximum absolute atomic E-state index is 13.0. The van der Waals surface area contributed by atoms with E-state index in [0.29, 0.717) is 0 Å². The highest BCUT2D eigenvalue weighted by atomic mass is 35.5. The second kappa shape index (κ2) is 4.69. The van der Waals surface area contributed by atoms with Crippen molar-refractivity contribution in [3.63, 3.8) is 0 Å². The molecule has 0 aliphatic rings. The van der Waals surface area contributed by atoms with Crippen molar-refractivity contribution in [2.24, 2.45) is 0 Å². The topological polar surface area (TPSA) is 29.1 Å². The molecule has 0 radical (unpaired) electrons. The molecule has 0 saturated heterocycles. The van der Waals surface area contributed by atoms with E-state index < -0.39 is 40.2 Å². The van der Waals surface area contributed by atoms with Crippen LogP contribution in [0.25, 0.3) is 0 Å². The first-order chi connectivity index (χ1) is 7.34. The third-order valence-corrected chi connectivity index (χ3v) is 1.92. The average Bonchev–Trinajstić information content (AvgIpc) is 2.21. The summed E-state index contributed by atoms with van der Waals surface area (Å²) in [5.74, 6) is -7.52. The van der Waals surface area contributed by atoms with Gasteiger partial charge in [-0.3, -0.25) is 4.79 Å². The normalized spacial score (nSPS) is 12.4. The average molecular weight is 256 g/mol. The van der Waals surface area contributed by atoms with Crippen molar-refractivity contribution >= 4 is 23.2 Å². The first-order valence-corrected chi connectivity index (χ1v) is 4.56. The van der Waals surface area contributed by atoms with Gasteiger partial charge in [0, 0.05) is 6.07 Å². The van der Waals surface area contributed by atoms with Gasteiger partial charge in [0.05, 0.1) is 0 Å². The molecule has 0 heterocycles. The Bertz CT molecular complexity index is 410.